The first-order chi connectivity index (χ1) is 9.58. The van der Waals surface area contributed by atoms with E-state index in [-0.39, 0.29) is 0 Å². The van der Waals surface area contributed by atoms with Gasteiger partial charge in [0.1, 0.15) is 0 Å². The molecule has 0 unspecified atom stereocenters. The van der Waals surface area contributed by atoms with E-state index >= 15 is 0 Å². The number of rotatable bonds is 5. The first-order valence-corrected chi connectivity index (χ1v) is 8.33. The molecule has 0 spiro atoms. The third kappa shape index (κ3) is 4.08. The Kier molecular flexibility index (Phi) is 5.64. The van der Waals surface area contributed by atoms with Crippen LogP contribution in [0.1, 0.15) is 76.5 Å². The molecule has 1 heterocycles. The maximum atomic E-state index is 4.59. The molecule has 0 saturated heterocycles. The van der Waals surface area contributed by atoms with Gasteiger partial charge in [-0.1, -0.05) is 39.5 Å². The fourth-order valence-corrected chi connectivity index (χ4v) is 3.43. The van der Waals surface area contributed by atoms with Gasteiger partial charge in [0.05, 0.1) is 5.69 Å². The smallest absolute Gasteiger partial charge is 0.0694 e. The Bertz CT molecular complexity index is 400. The van der Waals surface area contributed by atoms with Crippen molar-refractivity contribution in [3.8, 4) is 0 Å². The van der Waals surface area contributed by atoms with Crippen LogP contribution in [-0.2, 0) is 13.6 Å². The lowest BCUT2D eigenvalue weighted by molar-refractivity contribution is 0.336. The SMILES string of the molecule is CC(C)c1nn(C)cc1CN[C@@H](C)C1CCCCCC1. The summed E-state index contributed by atoms with van der Waals surface area (Å²) in [6, 6.07) is 0.619. The molecule has 1 aliphatic rings. The molecule has 3 heteroatoms. The van der Waals surface area contributed by atoms with E-state index in [0.29, 0.717) is 12.0 Å². The second-order valence-electron chi connectivity index (χ2n) is 6.79. The summed E-state index contributed by atoms with van der Waals surface area (Å²) >= 11 is 0. The maximum absolute atomic E-state index is 4.59. The lowest BCUT2D eigenvalue weighted by Gasteiger charge is -2.23. The molecule has 114 valence electrons. The van der Waals surface area contributed by atoms with Crippen molar-refractivity contribution in [2.24, 2.45) is 13.0 Å². The van der Waals surface area contributed by atoms with Gasteiger partial charge in [0.25, 0.3) is 0 Å². The minimum absolute atomic E-state index is 0.501. The van der Waals surface area contributed by atoms with Gasteiger partial charge >= 0.3 is 0 Å². The van der Waals surface area contributed by atoms with Gasteiger partial charge in [0.15, 0.2) is 0 Å². The normalized spacial score (nSPS) is 19.2. The zero-order chi connectivity index (χ0) is 14.5. The van der Waals surface area contributed by atoms with Gasteiger partial charge < -0.3 is 5.32 Å². The van der Waals surface area contributed by atoms with Crippen molar-refractivity contribution in [2.75, 3.05) is 0 Å². The molecule has 1 saturated carbocycles. The number of hydrogen-bond acceptors (Lipinski definition) is 2. The van der Waals surface area contributed by atoms with Gasteiger partial charge in [-0.05, 0) is 31.6 Å². The van der Waals surface area contributed by atoms with E-state index < -0.39 is 0 Å². The zero-order valence-corrected chi connectivity index (χ0v) is 13.7. The molecule has 0 bridgehead atoms. The van der Waals surface area contributed by atoms with Crippen molar-refractivity contribution in [2.45, 2.75) is 77.8 Å². The van der Waals surface area contributed by atoms with Crippen LogP contribution < -0.4 is 5.32 Å². The maximum Gasteiger partial charge on any atom is 0.0694 e. The van der Waals surface area contributed by atoms with E-state index in [4.69, 9.17) is 0 Å². The quantitative estimate of drug-likeness (QED) is 0.825. The van der Waals surface area contributed by atoms with E-state index in [9.17, 15) is 0 Å². The molecule has 1 aliphatic carbocycles. The molecule has 1 aromatic rings. The van der Waals surface area contributed by atoms with Crippen molar-refractivity contribution in [1.82, 2.24) is 15.1 Å². The van der Waals surface area contributed by atoms with Crippen molar-refractivity contribution < 1.29 is 0 Å². The van der Waals surface area contributed by atoms with Crippen molar-refractivity contribution in [3.05, 3.63) is 17.5 Å². The highest BCUT2D eigenvalue weighted by molar-refractivity contribution is 5.20. The summed E-state index contributed by atoms with van der Waals surface area (Å²) in [6.07, 6.45) is 10.7. The van der Waals surface area contributed by atoms with Gasteiger partial charge in [0, 0.05) is 31.4 Å². The lowest BCUT2D eigenvalue weighted by Crippen LogP contribution is -2.33. The molecular formula is C17H31N3. The second-order valence-corrected chi connectivity index (χ2v) is 6.79. The highest BCUT2D eigenvalue weighted by atomic mass is 15.3. The Morgan fingerprint density at radius 2 is 1.85 bits per heavy atom. The standard InChI is InChI=1S/C17H31N3/c1-13(2)17-16(12-20(4)19-17)11-18-14(3)15-9-7-5-6-8-10-15/h12-15,18H,5-11H2,1-4H3/t14-/m0/s1. The first kappa shape index (κ1) is 15.6. The summed E-state index contributed by atoms with van der Waals surface area (Å²) in [5.74, 6) is 1.36. The Morgan fingerprint density at radius 3 is 2.45 bits per heavy atom. The minimum atomic E-state index is 0.501. The third-order valence-electron chi connectivity index (χ3n) is 4.71. The summed E-state index contributed by atoms with van der Waals surface area (Å²) in [5.41, 5.74) is 2.61. The highest BCUT2D eigenvalue weighted by Crippen LogP contribution is 2.26. The molecule has 0 aliphatic heterocycles. The van der Waals surface area contributed by atoms with Crippen LogP contribution in [0.15, 0.2) is 6.20 Å². The van der Waals surface area contributed by atoms with Crippen LogP contribution in [0.4, 0.5) is 0 Å². The van der Waals surface area contributed by atoms with Crippen LogP contribution in [0.5, 0.6) is 0 Å². The number of nitrogens with one attached hydrogen (secondary N) is 1. The molecule has 1 fully saturated rings. The van der Waals surface area contributed by atoms with Crippen LogP contribution in [0, 0.1) is 5.92 Å². The molecule has 2 rings (SSSR count). The fraction of sp³-hybridized carbons (Fsp3) is 0.824. The van der Waals surface area contributed by atoms with Crippen molar-refractivity contribution in [3.63, 3.8) is 0 Å². The molecule has 3 nitrogen and oxygen atoms in total. The summed E-state index contributed by atoms with van der Waals surface area (Å²) in [5, 5.41) is 8.34. The Balaban J connectivity index is 1.90. The number of aryl methyl sites for hydroxylation is 1. The van der Waals surface area contributed by atoms with Crippen molar-refractivity contribution >= 4 is 0 Å². The average Bonchev–Trinajstić information content (AvgIpc) is 2.63. The van der Waals surface area contributed by atoms with Crippen LogP contribution >= 0.6 is 0 Å². The van der Waals surface area contributed by atoms with Crippen LogP contribution in [0.3, 0.4) is 0 Å². The van der Waals surface area contributed by atoms with E-state index in [1.54, 1.807) is 0 Å². The Hall–Kier alpha value is -0.830. The van der Waals surface area contributed by atoms with Gasteiger partial charge in [-0.25, -0.2) is 0 Å². The van der Waals surface area contributed by atoms with E-state index in [0.717, 1.165) is 12.5 Å². The molecular weight excluding hydrogens is 246 g/mol. The summed E-state index contributed by atoms with van der Waals surface area (Å²) < 4.78 is 1.95. The summed E-state index contributed by atoms with van der Waals surface area (Å²) in [6.45, 7) is 7.77. The van der Waals surface area contributed by atoms with Gasteiger partial charge in [0.2, 0.25) is 0 Å². The van der Waals surface area contributed by atoms with E-state index in [1.165, 1.54) is 49.8 Å². The van der Waals surface area contributed by atoms with Gasteiger partial charge in [-0.3, -0.25) is 4.68 Å². The lowest BCUT2D eigenvalue weighted by atomic mass is 9.93. The van der Waals surface area contributed by atoms with Crippen LogP contribution in [0.25, 0.3) is 0 Å². The molecule has 0 amide bonds. The van der Waals surface area contributed by atoms with Crippen molar-refractivity contribution in [1.29, 1.82) is 0 Å². The predicted octanol–water partition coefficient (Wildman–Crippen LogP) is 3.99. The average molecular weight is 277 g/mol. The molecule has 20 heavy (non-hydrogen) atoms. The van der Waals surface area contributed by atoms with E-state index in [2.05, 4.69) is 37.4 Å². The largest absolute Gasteiger partial charge is 0.310 e. The molecule has 0 radical (unpaired) electrons. The molecule has 1 N–H and O–H groups in total. The first-order valence-electron chi connectivity index (χ1n) is 8.33. The summed E-state index contributed by atoms with van der Waals surface area (Å²) in [7, 11) is 2.02. The fourth-order valence-electron chi connectivity index (χ4n) is 3.43. The number of nitrogens with zero attached hydrogens (tertiary/aromatic N) is 2. The Morgan fingerprint density at radius 1 is 1.20 bits per heavy atom. The molecule has 1 aromatic heterocycles. The van der Waals surface area contributed by atoms with Gasteiger partial charge in [-0.15, -0.1) is 0 Å². The predicted molar refractivity (Wildman–Crippen MR) is 84.8 cm³/mol. The van der Waals surface area contributed by atoms with Crippen LogP contribution in [0.2, 0.25) is 0 Å². The Labute approximate surface area is 124 Å². The highest BCUT2D eigenvalue weighted by Gasteiger charge is 2.19. The topological polar surface area (TPSA) is 29.9 Å². The molecule has 0 aromatic carbocycles. The van der Waals surface area contributed by atoms with Crippen LogP contribution in [-0.4, -0.2) is 15.8 Å². The minimum Gasteiger partial charge on any atom is -0.310 e. The zero-order valence-electron chi connectivity index (χ0n) is 13.7. The monoisotopic (exact) mass is 277 g/mol. The molecule has 1 atom stereocenters. The van der Waals surface area contributed by atoms with Gasteiger partial charge in [-0.2, -0.15) is 5.10 Å². The summed E-state index contributed by atoms with van der Waals surface area (Å²) in [4.78, 5) is 0. The third-order valence-corrected chi connectivity index (χ3v) is 4.71. The van der Waals surface area contributed by atoms with E-state index in [1.807, 2.05) is 11.7 Å². The second kappa shape index (κ2) is 7.26. The number of hydrogen-bond donors (Lipinski definition) is 1. The number of aromatic nitrogens is 2.